The summed E-state index contributed by atoms with van der Waals surface area (Å²) in [5.41, 5.74) is -0.191. The van der Waals surface area contributed by atoms with Crippen LogP contribution in [0.2, 0.25) is 0 Å². The van der Waals surface area contributed by atoms with E-state index in [1.165, 1.54) is 0 Å². The molecule has 0 spiro atoms. The summed E-state index contributed by atoms with van der Waals surface area (Å²) >= 11 is 0. The molecule has 1 aromatic heterocycles. The molecule has 4 heteroatoms. The lowest BCUT2D eigenvalue weighted by molar-refractivity contribution is 0.344. The van der Waals surface area contributed by atoms with E-state index in [0.717, 1.165) is 22.6 Å². The molecule has 19 heavy (non-hydrogen) atoms. The Labute approximate surface area is 108 Å². The van der Waals surface area contributed by atoms with Crippen LogP contribution in [0.4, 0.5) is 0 Å². The molecule has 3 aromatic rings. The van der Waals surface area contributed by atoms with Crippen LogP contribution in [0, 0.1) is 0 Å². The summed E-state index contributed by atoms with van der Waals surface area (Å²) in [6, 6.07) is 10.2. The van der Waals surface area contributed by atoms with Crippen LogP contribution in [-0.2, 0) is 0 Å². The molecule has 1 N–H and O–H groups in total. The normalized spacial score (nSPS) is 11.0. The van der Waals surface area contributed by atoms with Gasteiger partial charge in [-0.15, -0.1) is 0 Å². The number of ether oxygens (including phenoxy) is 1. The van der Waals surface area contributed by atoms with Gasteiger partial charge in [-0.3, -0.25) is 0 Å². The number of hydrogen-bond donors (Lipinski definition) is 1. The van der Waals surface area contributed by atoms with Gasteiger partial charge in [0.05, 0.1) is 18.1 Å². The van der Waals surface area contributed by atoms with Gasteiger partial charge in [-0.2, -0.15) is 0 Å². The zero-order valence-corrected chi connectivity index (χ0v) is 10.3. The first-order valence-electron chi connectivity index (χ1n) is 6.02. The highest BCUT2D eigenvalue weighted by Crippen LogP contribution is 2.33. The predicted octanol–water partition coefficient (Wildman–Crippen LogP) is 3.05. The Morgan fingerprint density at radius 3 is 2.74 bits per heavy atom. The van der Waals surface area contributed by atoms with Gasteiger partial charge in [-0.05, 0) is 25.1 Å². The highest BCUT2D eigenvalue weighted by atomic mass is 16.5. The first-order chi connectivity index (χ1) is 9.20. The van der Waals surface area contributed by atoms with Crippen LogP contribution >= 0.6 is 0 Å². The lowest BCUT2D eigenvalue weighted by atomic mass is 10.1. The summed E-state index contributed by atoms with van der Waals surface area (Å²) < 4.78 is 10.8. The number of aromatic hydroxyl groups is 1. The molecular formula is C15H12O4. The molecule has 0 aliphatic carbocycles. The van der Waals surface area contributed by atoms with Crippen molar-refractivity contribution < 1.29 is 14.3 Å². The van der Waals surface area contributed by atoms with E-state index in [2.05, 4.69) is 0 Å². The Kier molecular flexibility index (Phi) is 2.63. The van der Waals surface area contributed by atoms with Gasteiger partial charge in [0.15, 0.2) is 0 Å². The fourth-order valence-corrected chi connectivity index (χ4v) is 2.21. The molecule has 0 fully saturated rings. The van der Waals surface area contributed by atoms with Crippen molar-refractivity contribution in [3.8, 4) is 11.5 Å². The van der Waals surface area contributed by atoms with Crippen LogP contribution in [0.1, 0.15) is 6.92 Å². The minimum atomic E-state index is -0.570. The third kappa shape index (κ3) is 1.81. The van der Waals surface area contributed by atoms with Crippen molar-refractivity contribution in [1.29, 1.82) is 0 Å². The molecule has 0 amide bonds. The van der Waals surface area contributed by atoms with Crippen molar-refractivity contribution >= 4 is 21.7 Å². The standard InChI is InChI=1S/C15H12O4/c1-2-18-13-5-3-4-10-9(13)6-7-11-12(16)8-14(17)19-15(10)11/h3-8,16H,2H2,1H3. The van der Waals surface area contributed by atoms with E-state index in [4.69, 9.17) is 9.15 Å². The van der Waals surface area contributed by atoms with Crippen LogP contribution in [0.25, 0.3) is 21.7 Å². The van der Waals surface area contributed by atoms with E-state index < -0.39 is 5.63 Å². The Bertz CT molecular complexity index is 817. The summed E-state index contributed by atoms with van der Waals surface area (Å²) in [4.78, 5) is 11.4. The maximum Gasteiger partial charge on any atom is 0.339 e. The first kappa shape index (κ1) is 11.6. The van der Waals surface area contributed by atoms with E-state index in [-0.39, 0.29) is 5.75 Å². The van der Waals surface area contributed by atoms with E-state index in [1.807, 2.05) is 31.2 Å². The zero-order valence-electron chi connectivity index (χ0n) is 10.3. The van der Waals surface area contributed by atoms with Gasteiger partial charge in [0, 0.05) is 10.8 Å². The molecule has 0 saturated carbocycles. The van der Waals surface area contributed by atoms with Gasteiger partial charge < -0.3 is 14.3 Å². The monoisotopic (exact) mass is 256 g/mol. The predicted molar refractivity (Wildman–Crippen MR) is 72.8 cm³/mol. The Hall–Kier alpha value is -2.49. The van der Waals surface area contributed by atoms with Gasteiger partial charge in [0.25, 0.3) is 0 Å². The average Bonchev–Trinajstić information content (AvgIpc) is 2.39. The van der Waals surface area contributed by atoms with Crippen molar-refractivity contribution in [1.82, 2.24) is 0 Å². The van der Waals surface area contributed by atoms with Crippen LogP contribution in [0.3, 0.4) is 0 Å². The lowest BCUT2D eigenvalue weighted by Crippen LogP contribution is -1.97. The summed E-state index contributed by atoms with van der Waals surface area (Å²) in [7, 11) is 0. The van der Waals surface area contributed by atoms with Gasteiger partial charge in [0.2, 0.25) is 0 Å². The average molecular weight is 256 g/mol. The molecule has 0 atom stereocenters. The van der Waals surface area contributed by atoms with Crippen LogP contribution in [0.5, 0.6) is 11.5 Å². The van der Waals surface area contributed by atoms with E-state index in [0.29, 0.717) is 17.6 Å². The Morgan fingerprint density at radius 1 is 1.16 bits per heavy atom. The molecule has 0 bridgehead atoms. The maximum atomic E-state index is 11.4. The van der Waals surface area contributed by atoms with E-state index in [9.17, 15) is 9.90 Å². The first-order valence-corrected chi connectivity index (χ1v) is 6.02. The van der Waals surface area contributed by atoms with Crippen molar-refractivity contribution in [3.63, 3.8) is 0 Å². The van der Waals surface area contributed by atoms with Crippen molar-refractivity contribution in [2.24, 2.45) is 0 Å². The fourth-order valence-electron chi connectivity index (χ4n) is 2.21. The van der Waals surface area contributed by atoms with E-state index >= 15 is 0 Å². The second-order valence-corrected chi connectivity index (χ2v) is 4.18. The number of benzene rings is 2. The summed E-state index contributed by atoms with van der Waals surface area (Å²) in [5, 5.41) is 11.9. The second kappa shape index (κ2) is 4.31. The molecule has 0 unspecified atom stereocenters. The molecular weight excluding hydrogens is 244 g/mol. The Morgan fingerprint density at radius 2 is 1.95 bits per heavy atom. The summed E-state index contributed by atoms with van der Waals surface area (Å²) in [6.45, 7) is 2.47. The van der Waals surface area contributed by atoms with Gasteiger partial charge in [-0.25, -0.2) is 4.79 Å². The molecule has 0 saturated heterocycles. The number of rotatable bonds is 2. The second-order valence-electron chi connectivity index (χ2n) is 4.18. The smallest absolute Gasteiger partial charge is 0.339 e. The van der Waals surface area contributed by atoms with Crippen molar-refractivity contribution in [3.05, 3.63) is 46.8 Å². The number of hydrogen-bond acceptors (Lipinski definition) is 4. The highest BCUT2D eigenvalue weighted by molar-refractivity contribution is 6.07. The molecule has 0 aliphatic heterocycles. The molecule has 0 aliphatic rings. The topological polar surface area (TPSA) is 59.7 Å². The highest BCUT2D eigenvalue weighted by Gasteiger charge is 2.10. The maximum absolute atomic E-state index is 11.4. The van der Waals surface area contributed by atoms with Crippen molar-refractivity contribution in [2.75, 3.05) is 6.61 Å². The molecule has 96 valence electrons. The molecule has 0 radical (unpaired) electrons. The SMILES string of the molecule is CCOc1cccc2c1ccc1c(O)cc(=O)oc12. The lowest BCUT2D eigenvalue weighted by Gasteiger charge is -2.09. The third-order valence-electron chi connectivity index (χ3n) is 3.01. The fraction of sp³-hybridized carbons (Fsp3) is 0.133. The molecule has 4 nitrogen and oxygen atoms in total. The molecule has 2 aromatic carbocycles. The molecule has 3 rings (SSSR count). The van der Waals surface area contributed by atoms with Crippen LogP contribution in [-0.4, -0.2) is 11.7 Å². The van der Waals surface area contributed by atoms with Gasteiger partial charge >= 0.3 is 5.63 Å². The summed E-state index contributed by atoms with van der Waals surface area (Å²) in [5.74, 6) is 0.655. The minimum absolute atomic E-state index is 0.0741. The Balaban J connectivity index is 2.47. The number of fused-ring (bicyclic) bond motifs is 3. The quantitative estimate of drug-likeness (QED) is 0.565. The largest absolute Gasteiger partial charge is 0.507 e. The minimum Gasteiger partial charge on any atom is -0.507 e. The van der Waals surface area contributed by atoms with Crippen molar-refractivity contribution in [2.45, 2.75) is 6.92 Å². The zero-order chi connectivity index (χ0) is 13.4. The third-order valence-corrected chi connectivity index (χ3v) is 3.01. The van der Waals surface area contributed by atoms with Crippen LogP contribution < -0.4 is 10.4 Å². The van der Waals surface area contributed by atoms with E-state index in [1.54, 1.807) is 6.07 Å². The molecule has 1 heterocycles. The van der Waals surface area contributed by atoms with Gasteiger partial charge in [-0.1, -0.05) is 12.1 Å². The summed E-state index contributed by atoms with van der Waals surface area (Å²) in [6.07, 6.45) is 0. The van der Waals surface area contributed by atoms with Crippen LogP contribution in [0.15, 0.2) is 45.6 Å². The van der Waals surface area contributed by atoms with Gasteiger partial charge in [0.1, 0.15) is 17.1 Å².